The number of halogens is 1. The highest BCUT2D eigenvalue weighted by Gasteiger charge is 2.39. The fourth-order valence-corrected chi connectivity index (χ4v) is 4.41. The molecular formula is C19H26ClN3O. The zero-order valence-electron chi connectivity index (χ0n) is 14.3. The summed E-state index contributed by atoms with van der Waals surface area (Å²) in [6, 6.07) is 8.31. The summed E-state index contributed by atoms with van der Waals surface area (Å²) >= 11 is 0. The third-order valence-corrected chi connectivity index (χ3v) is 5.77. The third kappa shape index (κ3) is 2.98. The molecule has 0 aliphatic carbocycles. The van der Waals surface area contributed by atoms with Crippen molar-refractivity contribution in [1.82, 2.24) is 9.78 Å². The molecule has 2 aromatic rings. The predicted octanol–water partition coefficient (Wildman–Crippen LogP) is -1.41. The molecule has 0 spiro atoms. The van der Waals surface area contributed by atoms with Gasteiger partial charge in [0.15, 0.2) is 0 Å². The molecule has 5 heteroatoms. The summed E-state index contributed by atoms with van der Waals surface area (Å²) in [4.78, 5) is 14.7. The number of nitrogens with one attached hydrogen (secondary N) is 1. The molecule has 5 rings (SSSR count). The van der Waals surface area contributed by atoms with E-state index < -0.39 is 0 Å². The van der Waals surface area contributed by atoms with Crippen molar-refractivity contribution in [3.8, 4) is 0 Å². The van der Waals surface area contributed by atoms with Crippen molar-refractivity contribution in [3.63, 3.8) is 0 Å². The quantitative estimate of drug-likeness (QED) is 0.738. The van der Waals surface area contributed by atoms with Crippen molar-refractivity contribution in [2.75, 3.05) is 19.6 Å². The molecular weight excluding hydrogens is 322 g/mol. The second-order valence-corrected chi connectivity index (χ2v) is 7.20. The average Bonchev–Trinajstić information content (AvgIpc) is 2.62. The highest BCUT2D eigenvalue weighted by Crippen LogP contribution is 2.27. The van der Waals surface area contributed by atoms with E-state index in [2.05, 4.69) is 13.0 Å². The van der Waals surface area contributed by atoms with Crippen LogP contribution in [0, 0.1) is 5.92 Å². The van der Waals surface area contributed by atoms with E-state index in [1.807, 2.05) is 22.9 Å². The zero-order chi connectivity index (χ0) is 15.8. The third-order valence-electron chi connectivity index (χ3n) is 5.77. The molecule has 3 saturated heterocycles. The van der Waals surface area contributed by atoms with Crippen LogP contribution in [0.2, 0.25) is 0 Å². The van der Waals surface area contributed by atoms with E-state index in [1.165, 1.54) is 25.9 Å². The summed E-state index contributed by atoms with van der Waals surface area (Å²) in [5.74, 6) is 0.637. The monoisotopic (exact) mass is 347 g/mol. The predicted molar refractivity (Wildman–Crippen MR) is 91.9 cm³/mol. The first kappa shape index (κ1) is 17.4. The number of unbranched alkanes of at least 4 members (excludes halogenated alkanes) is 1. The van der Waals surface area contributed by atoms with Gasteiger partial charge in [-0.25, -0.2) is 4.68 Å². The van der Waals surface area contributed by atoms with E-state index in [1.54, 1.807) is 4.90 Å². The maximum Gasteiger partial charge on any atom is 0.275 e. The van der Waals surface area contributed by atoms with Crippen molar-refractivity contribution in [3.05, 3.63) is 40.3 Å². The lowest BCUT2D eigenvalue weighted by Gasteiger charge is -2.41. The molecule has 4 nitrogen and oxygen atoms in total. The molecule has 1 aromatic carbocycles. The largest absolute Gasteiger partial charge is 1.00 e. The van der Waals surface area contributed by atoms with Crippen molar-refractivity contribution >= 4 is 10.8 Å². The van der Waals surface area contributed by atoms with Gasteiger partial charge in [-0.05, 0) is 24.8 Å². The smallest absolute Gasteiger partial charge is 0.275 e. The first-order chi connectivity index (χ1) is 11.3. The molecule has 24 heavy (non-hydrogen) atoms. The first-order valence-electron chi connectivity index (χ1n) is 9.12. The van der Waals surface area contributed by atoms with Crippen LogP contribution in [0.15, 0.2) is 29.1 Å². The van der Waals surface area contributed by atoms with Gasteiger partial charge in [0.25, 0.3) is 5.56 Å². The molecule has 130 valence electrons. The van der Waals surface area contributed by atoms with Gasteiger partial charge < -0.3 is 17.3 Å². The van der Waals surface area contributed by atoms with Gasteiger partial charge in [0, 0.05) is 18.2 Å². The van der Waals surface area contributed by atoms with Gasteiger partial charge in [0.05, 0.1) is 24.2 Å². The summed E-state index contributed by atoms with van der Waals surface area (Å²) in [5.41, 5.74) is 1.22. The Morgan fingerprint density at radius 1 is 1.21 bits per heavy atom. The Balaban J connectivity index is 0.00000169. The summed E-state index contributed by atoms with van der Waals surface area (Å²) < 4.78 is 1.86. The normalized spacial score (nSPS) is 25.6. The molecule has 0 saturated carbocycles. The van der Waals surface area contributed by atoms with Crippen molar-refractivity contribution < 1.29 is 17.3 Å². The molecule has 3 aliphatic rings. The van der Waals surface area contributed by atoms with E-state index in [4.69, 9.17) is 5.10 Å². The number of hydrogen-bond acceptors (Lipinski definition) is 2. The Morgan fingerprint density at radius 3 is 2.54 bits per heavy atom. The van der Waals surface area contributed by atoms with Crippen LogP contribution in [0.25, 0.3) is 10.8 Å². The second kappa shape index (κ2) is 7.24. The minimum atomic E-state index is 0. The lowest BCUT2D eigenvalue weighted by molar-refractivity contribution is -0.919. The van der Waals surface area contributed by atoms with Crippen LogP contribution in [-0.4, -0.2) is 29.4 Å². The Bertz CT molecular complexity index is 765. The van der Waals surface area contributed by atoms with E-state index in [0.29, 0.717) is 12.0 Å². The Kier molecular flexibility index (Phi) is 5.26. The van der Waals surface area contributed by atoms with Crippen LogP contribution in [0.5, 0.6) is 0 Å². The van der Waals surface area contributed by atoms with Crippen molar-refractivity contribution in [2.45, 2.75) is 45.1 Å². The van der Waals surface area contributed by atoms with E-state index in [-0.39, 0.29) is 18.0 Å². The van der Waals surface area contributed by atoms with Crippen LogP contribution in [0.4, 0.5) is 0 Å². The fraction of sp³-hybridized carbons (Fsp3) is 0.579. The summed E-state index contributed by atoms with van der Waals surface area (Å²) in [7, 11) is 0. The number of aromatic nitrogens is 2. The van der Waals surface area contributed by atoms with Gasteiger partial charge >= 0.3 is 0 Å². The fourth-order valence-electron chi connectivity index (χ4n) is 4.41. The SMILES string of the molecule is CCCCc1nn(C2C[NH+]3CCC2CC3)c(=O)c2ccccc12.[Cl-]. The lowest BCUT2D eigenvalue weighted by atomic mass is 9.84. The summed E-state index contributed by atoms with van der Waals surface area (Å²) in [6.07, 6.45) is 5.72. The van der Waals surface area contributed by atoms with Gasteiger partial charge in [-0.1, -0.05) is 31.5 Å². The summed E-state index contributed by atoms with van der Waals surface area (Å²) in [5, 5.41) is 6.77. The van der Waals surface area contributed by atoms with Crippen molar-refractivity contribution in [1.29, 1.82) is 0 Å². The topological polar surface area (TPSA) is 39.3 Å². The van der Waals surface area contributed by atoms with E-state index in [0.717, 1.165) is 42.3 Å². The van der Waals surface area contributed by atoms with Gasteiger partial charge in [-0.15, -0.1) is 0 Å². The lowest BCUT2D eigenvalue weighted by Crippen LogP contribution is -3.15. The second-order valence-electron chi connectivity index (χ2n) is 7.20. The molecule has 1 atom stereocenters. The Hall–Kier alpha value is -1.39. The van der Waals surface area contributed by atoms with E-state index >= 15 is 0 Å². The maximum atomic E-state index is 13.0. The molecule has 4 heterocycles. The number of quaternary nitrogens is 1. The molecule has 0 radical (unpaired) electrons. The summed E-state index contributed by atoms with van der Waals surface area (Å²) in [6.45, 7) is 5.82. The first-order valence-corrected chi connectivity index (χ1v) is 9.12. The van der Waals surface area contributed by atoms with Gasteiger partial charge in [-0.2, -0.15) is 5.10 Å². The molecule has 3 fully saturated rings. The van der Waals surface area contributed by atoms with Crippen LogP contribution in [0.1, 0.15) is 44.3 Å². The molecule has 1 aromatic heterocycles. The van der Waals surface area contributed by atoms with Gasteiger partial charge in [-0.3, -0.25) is 4.79 Å². The number of benzene rings is 1. The highest BCUT2D eigenvalue weighted by molar-refractivity contribution is 5.83. The molecule has 1 N–H and O–H groups in total. The maximum absolute atomic E-state index is 13.0. The average molecular weight is 348 g/mol. The highest BCUT2D eigenvalue weighted by atomic mass is 35.5. The minimum absolute atomic E-state index is 0. The van der Waals surface area contributed by atoms with Crippen LogP contribution < -0.4 is 22.9 Å². The molecule has 1 unspecified atom stereocenters. The zero-order valence-corrected chi connectivity index (χ0v) is 15.1. The number of aryl methyl sites for hydroxylation is 1. The standard InChI is InChI=1S/C19H25N3O.ClH/c1-2-3-8-17-15-6-4-5-7-16(15)19(23)22(20-17)18-13-21-11-9-14(18)10-12-21;/h4-7,14,18H,2-3,8-13H2,1H3;1H. The Morgan fingerprint density at radius 2 is 1.92 bits per heavy atom. The molecule has 0 amide bonds. The van der Waals surface area contributed by atoms with Gasteiger partial charge in [0.1, 0.15) is 12.6 Å². The van der Waals surface area contributed by atoms with Crippen molar-refractivity contribution in [2.24, 2.45) is 5.92 Å². The van der Waals surface area contributed by atoms with E-state index in [9.17, 15) is 4.79 Å². The molecule has 2 bridgehead atoms. The van der Waals surface area contributed by atoms with Gasteiger partial charge in [0.2, 0.25) is 0 Å². The Labute approximate surface area is 149 Å². The minimum Gasteiger partial charge on any atom is -1.00 e. The number of piperidine rings is 3. The number of fused-ring (bicyclic) bond motifs is 4. The van der Waals surface area contributed by atoms with Crippen LogP contribution in [-0.2, 0) is 6.42 Å². The van der Waals surface area contributed by atoms with Crippen LogP contribution in [0.3, 0.4) is 0 Å². The van der Waals surface area contributed by atoms with Crippen LogP contribution >= 0.6 is 0 Å². The number of hydrogen-bond donors (Lipinski definition) is 1. The molecule has 3 aliphatic heterocycles. The number of rotatable bonds is 4. The number of nitrogens with zero attached hydrogens (tertiary/aromatic N) is 2.